The molecule has 0 saturated heterocycles. The summed E-state index contributed by atoms with van der Waals surface area (Å²) in [5, 5.41) is 8.26. The first-order chi connectivity index (χ1) is 14.9. The molecule has 0 atom stereocenters. The first-order valence-corrected chi connectivity index (χ1v) is 9.92. The van der Waals surface area contributed by atoms with Crippen LogP contribution in [0.4, 0.5) is 5.69 Å². The van der Waals surface area contributed by atoms with Crippen LogP contribution in [0.25, 0.3) is 0 Å². The number of esters is 1. The van der Waals surface area contributed by atoms with E-state index in [1.807, 2.05) is 30.3 Å². The Morgan fingerprint density at radius 3 is 2.55 bits per heavy atom. The van der Waals surface area contributed by atoms with Crippen LogP contribution in [0.5, 0.6) is 0 Å². The van der Waals surface area contributed by atoms with Gasteiger partial charge in [0.2, 0.25) is 5.91 Å². The molecule has 160 valence electrons. The molecule has 0 radical (unpaired) electrons. The van der Waals surface area contributed by atoms with E-state index in [-0.39, 0.29) is 24.5 Å². The zero-order chi connectivity index (χ0) is 22.2. The number of hydrogen-bond donors (Lipinski definition) is 1. The van der Waals surface area contributed by atoms with Crippen LogP contribution in [0.15, 0.2) is 59.7 Å². The number of amides is 2. The number of carbonyl (C=O) groups excluding carboxylic acids is 4. The van der Waals surface area contributed by atoms with Crippen molar-refractivity contribution in [1.29, 1.82) is 0 Å². The number of ketones is 1. The summed E-state index contributed by atoms with van der Waals surface area (Å²) < 4.78 is 4.93. The van der Waals surface area contributed by atoms with Crippen LogP contribution in [0.3, 0.4) is 0 Å². The van der Waals surface area contributed by atoms with Crippen LogP contribution in [0.1, 0.15) is 42.1 Å². The first kappa shape index (κ1) is 21.9. The van der Waals surface area contributed by atoms with Gasteiger partial charge in [0.1, 0.15) is 0 Å². The van der Waals surface area contributed by atoms with E-state index >= 15 is 0 Å². The topological polar surface area (TPSA) is 105 Å². The van der Waals surface area contributed by atoms with Gasteiger partial charge in [-0.1, -0.05) is 42.5 Å². The van der Waals surface area contributed by atoms with Gasteiger partial charge in [0, 0.05) is 24.1 Å². The number of ether oxygens (including phenoxy) is 1. The van der Waals surface area contributed by atoms with Gasteiger partial charge in [0.25, 0.3) is 5.91 Å². The van der Waals surface area contributed by atoms with Gasteiger partial charge in [-0.05, 0) is 24.6 Å². The number of anilines is 1. The highest BCUT2D eigenvalue weighted by Crippen LogP contribution is 2.15. The highest BCUT2D eigenvalue weighted by molar-refractivity contribution is 6.02. The molecule has 8 nitrogen and oxygen atoms in total. The maximum absolute atomic E-state index is 12.3. The lowest BCUT2D eigenvalue weighted by Gasteiger charge is -2.11. The number of carbonyl (C=O) groups is 4. The lowest BCUT2D eigenvalue weighted by molar-refractivity contribution is -0.148. The Morgan fingerprint density at radius 1 is 1.03 bits per heavy atom. The molecule has 1 N–H and O–H groups in total. The molecule has 1 aliphatic heterocycles. The monoisotopic (exact) mass is 421 g/mol. The minimum absolute atomic E-state index is 0.0489. The fourth-order valence-corrected chi connectivity index (χ4v) is 3.04. The van der Waals surface area contributed by atoms with Crippen molar-refractivity contribution in [2.24, 2.45) is 5.10 Å². The average molecular weight is 421 g/mol. The number of hydrogen-bond acceptors (Lipinski definition) is 6. The Bertz CT molecular complexity index is 1020. The van der Waals surface area contributed by atoms with Gasteiger partial charge in [-0.3, -0.25) is 19.2 Å². The van der Waals surface area contributed by atoms with Crippen LogP contribution in [0, 0.1) is 0 Å². The number of hydrazone groups is 1. The number of nitrogens with one attached hydrogen (secondary N) is 1. The Balaban J connectivity index is 1.40. The minimum atomic E-state index is -0.646. The second kappa shape index (κ2) is 10.3. The molecule has 0 spiro atoms. The SMILES string of the molecule is CC(=O)c1cccc(NC(=O)COC(=O)CCC(=O)N2CCC(c3ccccc3)=N2)c1. The van der Waals surface area contributed by atoms with E-state index in [0.29, 0.717) is 24.2 Å². The summed E-state index contributed by atoms with van der Waals surface area (Å²) in [4.78, 5) is 47.5. The second-order valence-electron chi connectivity index (χ2n) is 7.03. The average Bonchev–Trinajstić information content (AvgIpc) is 3.27. The van der Waals surface area contributed by atoms with E-state index in [9.17, 15) is 19.2 Å². The summed E-state index contributed by atoms with van der Waals surface area (Å²) in [6.45, 7) is 1.43. The second-order valence-corrected chi connectivity index (χ2v) is 7.03. The van der Waals surface area contributed by atoms with Crippen molar-refractivity contribution in [3.63, 3.8) is 0 Å². The molecule has 0 aromatic heterocycles. The molecule has 1 aliphatic rings. The summed E-state index contributed by atoms with van der Waals surface area (Å²) >= 11 is 0. The molecular formula is C23H23N3O5. The first-order valence-electron chi connectivity index (χ1n) is 9.92. The van der Waals surface area contributed by atoms with E-state index in [2.05, 4.69) is 10.4 Å². The van der Waals surface area contributed by atoms with Crippen LogP contribution in [0.2, 0.25) is 0 Å². The molecule has 2 aromatic rings. The molecule has 1 heterocycles. The van der Waals surface area contributed by atoms with Crippen LogP contribution in [-0.4, -0.2) is 47.4 Å². The van der Waals surface area contributed by atoms with Crippen LogP contribution >= 0.6 is 0 Å². The van der Waals surface area contributed by atoms with Crippen molar-refractivity contribution < 1.29 is 23.9 Å². The highest BCUT2D eigenvalue weighted by atomic mass is 16.5. The zero-order valence-corrected chi connectivity index (χ0v) is 17.2. The van der Waals surface area contributed by atoms with E-state index in [4.69, 9.17) is 4.74 Å². The molecule has 0 fully saturated rings. The van der Waals surface area contributed by atoms with Crippen molar-refractivity contribution in [3.8, 4) is 0 Å². The summed E-state index contributed by atoms with van der Waals surface area (Å²) in [5.41, 5.74) is 2.71. The Morgan fingerprint density at radius 2 is 1.81 bits per heavy atom. The van der Waals surface area contributed by atoms with Gasteiger partial charge in [0.05, 0.1) is 18.7 Å². The molecule has 31 heavy (non-hydrogen) atoms. The predicted molar refractivity (Wildman–Crippen MR) is 115 cm³/mol. The van der Waals surface area contributed by atoms with Crippen molar-refractivity contribution >= 4 is 35.0 Å². The van der Waals surface area contributed by atoms with Crippen molar-refractivity contribution in [3.05, 3.63) is 65.7 Å². The van der Waals surface area contributed by atoms with Gasteiger partial charge in [-0.2, -0.15) is 5.10 Å². The smallest absolute Gasteiger partial charge is 0.306 e. The van der Waals surface area contributed by atoms with Gasteiger partial charge >= 0.3 is 5.97 Å². The Hall–Kier alpha value is -3.81. The molecule has 0 unspecified atom stereocenters. The van der Waals surface area contributed by atoms with E-state index in [1.54, 1.807) is 24.3 Å². The van der Waals surface area contributed by atoms with Crippen molar-refractivity contribution in [2.45, 2.75) is 26.2 Å². The van der Waals surface area contributed by atoms with Crippen molar-refractivity contribution in [2.75, 3.05) is 18.5 Å². The molecule has 2 amide bonds. The van der Waals surface area contributed by atoms with Gasteiger partial charge < -0.3 is 10.1 Å². The third kappa shape index (κ3) is 6.33. The van der Waals surface area contributed by atoms with Gasteiger partial charge in [-0.15, -0.1) is 0 Å². The zero-order valence-electron chi connectivity index (χ0n) is 17.2. The van der Waals surface area contributed by atoms with Crippen LogP contribution < -0.4 is 5.32 Å². The standard InChI is InChI=1S/C23H23N3O5/c1-16(27)18-8-5-9-19(14-18)24-21(28)15-31-23(30)11-10-22(29)26-13-12-20(25-26)17-6-3-2-4-7-17/h2-9,14H,10-13,15H2,1H3,(H,24,28). The summed E-state index contributed by atoms with van der Waals surface area (Å²) in [6, 6.07) is 16.1. The third-order valence-electron chi connectivity index (χ3n) is 4.66. The Kier molecular flexibility index (Phi) is 7.26. The fraction of sp³-hybridized carbons (Fsp3) is 0.261. The van der Waals surface area contributed by atoms with Crippen molar-refractivity contribution in [1.82, 2.24) is 5.01 Å². The largest absolute Gasteiger partial charge is 0.456 e. The molecule has 0 aliphatic carbocycles. The summed E-state index contributed by atoms with van der Waals surface area (Å²) in [7, 11) is 0. The third-order valence-corrected chi connectivity index (χ3v) is 4.66. The minimum Gasteiger partial charge on any atom is -0.456 e. The highest BCUT2D eigenvalue weighted by Gasteiger charge is 2.22. The maximum Gasteiger partial charge on any atom is 0.306 e. The normalized spacial score (nSPS) is 12.8. The molecule has 0 saturated carbocycles. The molecular weight excluding hydrogens is 398 g/mol. The molecule has 3 rings (SSSR count). The fourth-order valence-electron chi connectivity index (χ4n) is 3.04. The molecule has 0 bridgehead atoms. The van der Waals surface area contributed by atoms with Gasteiger partial charge in [-0.25, -0.2) is 5.01 Å². The lowest BCUT2D eigenvalue weighted by Crippen LogP contribution is -2.25. The Labute approximate surface area is 179 Å². The van der Waals surface area contributed by atoms with E-state index in [0.717, 1.165) is 11.3 Å². The lowest BCUT2D eigenvalue weighted by atomic mass is 10.1. The predicted octanol–water partition coefficient (Wildman–Crippen LogP) is 2.79. The maximum atomic E-state index is 12.3. The number of nitrogens with zero attached hydrogens (tertiary/aromatic N) is 2. The van der Waals surface area contributed by atoms with Gasteiger partial charge in [0.15, 0.2) is 12.4 Å². The van der Waals surface area contributed by atoms with E-state index < -0.39 is 18.5 Å². The quantitative estimate of drug-likeness (QED) is 0.521. The molecule has 2 aromatic carbocycles. The van der Waals surface area contributed by atoms with E-state index in [1.165, 1.54) is 11.9 Å². The number of rotatable bonds is 8. The molecule has 8 heteroatoms. The summed E-state index contributed by atoms with van der Waals surface area (Å²) in [5.74, 6) is -1.57. The number of benzene rings is 2. The number of Topliss-reactive ketones (excluding diaryl/α,β-unsaturated/α-hetero) is 1. The summed E-state index contributed by atoms with van der Waals surface area (Å²) in [6.07, 6.45) is 0.469. The van der Waals surface area contributed by atoms with Crippen LogP contribution in [-0.2, 0) is 19.1 Å².